The van der Waals surface area contributed by atoms with Crippen LogP contribution < -0.4 is 10.5 Å². The van der Waals surface area contributed by atoms with Crippen LogP contribution in [0.4, 0.5) is 11.4 Å². The number of hydrogen-bond donors (Lipinski definition) is 3. The molecule has 0 unspecified atom stereocenters. The molecule has 1 heterocycles. The lowest BCUT2D eigenvalue weighted by atomic mass is 10.3. The molecule has 0 radical (unpaired) electrons. The fourth-order valence-electron chi connectivity index (χ4n) is 1.70. The van der Waals surface area contributed by atoms with E-state index in [2.05, 4.69) is 4.72 Å². The van der Waals surface area contributed by atoms with Crippen molar-refractivity contribution in [1.82, 2.24) is 0 Å². The summed E-state index contributed by atoms with van der Waals surface area (Å²) in [6, 6.07) is 6.36. The summed E-state index contributed by atoms with van der Waals surface area (Å²) in [7, 11) is -4.00. The highest BCUT2D eigenvalue weighted by Crippen LogP contribution is 2.29. The van der Waals surface area contributed by atoms with E-state index in [4.69, 9.17) is 10.8 Å². The fraction of sp³-hybridized carbons (Fsp3) is 0.0833. The molecule has 0 aliphatic heterocycles. The number of thiophene rings is 1. The molecule has 0 bridgehead atoms. The minimum absolute atomic E-state index is 0.217. The molecule has 1 aromatic carbocycles. The Kier molecular flexibility index (Phi) is 3.69. The summed E-state index contributed by atoms with van der Waals surface area (Å²) in [4.78, 5) is 10.7. The van der Waals surface area contributed by atoms with Crippen molar-refractivity contribution in [3.63, 3.8) is 0 Å². The Balaban J connectivity index is 2.49. The molecule has 0 atom stereocenters. The van der Waals surface area contributed by atoms with Crippen molar-refractivity contribution in [3.8, 4) is 0 Å². The van der Waals surface area contributed by atoms with Gasteiger partial charge in [-0.2, -0.15) is 0 Å². The van der Waals surface area contributed by atoms with E-state index in [1.807, 2.05) is 0 Å². The zero-order valence-corrected chi connectivity index (χ0v) is 12.1. The molecule has 0 spiro atoms. The Morgan fingerprint density at radius 3 is 2.60 bits per heavy atom. The molecule has 2 rings (SSSR count). The maximum absolute atomic E-state index is 12.3. The molecule has 106 valence electrons. The van der Waals surface area contributed by atoms with Gasteiger partial charge in [-0.15, -0.1) is 11.3 Å². The van der Waals surface area contributed by atoms with Crippen LogP contribution in [0.3, 0.4) is 0 Å². The van der Waals surface area contributed by atoms with E-state index < -0.39 is 16.0 Å². The second-order valence-corrected chi connectivity index (χ2v) is 6.57. The number of hydrogen-bond acceptors (Lipinski definition) is 5. The van der Waals surface area contributed by atoms with Gasteiger partial charge in [0.25, 0.3) is 10.0 Å². The number of para-hydroxylation sites is 2. The lowest BCUT2D eigenvalue weighted by Gasteiger charge is -2.10. The van der Waals surface area contributed by atoms with E-state index in [0.29, 0.717) is 5.56 Å². The molecule has 0 aliphatic carbocycles. The van der Waals surface area contributed by atoms with Gasteiger partial charge in [-0.25, -0.2) is 13.2 Å². The summed E-state index contributed by atoms with van der Waals surface area (Å²) < 4.78 is 27.0. The summed E-state index contributed by atoms with van der Waals surface area (Å²) in [5.41, 5.74) is 6.54. The summed E-state index contributed by atoms with van der Waals surface area (Å²) in [5, 5.41) is 10.5. The molecule has 6 nitrogen and oxygen atoms in total. The van der Waals surface area contributed by atoms with Gasteiger partial charge in [-0.1, -0.05) is 12.1 Å². The second kappa shape index (κ2) is 5.14. The molecule has 4 N–H and O–H groups in total. The number of carbonyl (C=O) groups is 1. The zero-order valence-electron chi connectivity index (χ0n) is 10.5. The van der Waals surface area contributed by atoms with Crippen molar-refractivity contribution >= 4 is 38.7 Å². The monoisotopic (exact) mass is 312 g/mol. The minimum Gasteiger partial charge on any atom is -0.477 e. The highest BCUT2D eigenvalue weighted by molar-refractivity contribution is 7.93. The first-order chi connectivity index (χ1) is 9.33. The largest absolute Gasteiger partial charge is 0.477 e. The van der Waals surface area contributed by atoms with Crippen molar-refractivity contribution in [2.45, 2.75) is 11.8 Å². The van der Waals surface area contributed by atoms with Gasteiger partial charge in [-0.05, 0) is 30.0 Å². The van der Waals surface area contributed by atoms with Crippen molar-refractivity contribution in [1.29, 1.82) is 0 Å². The van der Waals surface area contributed by atoms with Crippen LogP contribution in [0.5, 0.6) is 0 Å². The topological polar surface area (TPSA) is 109 Å². The Bertz CT molecular complexity index is 766. The number of carboxylic acids is 1. The Morgan fingerprint density at radius 1 is 1.35 bits per heavy atom. The van der Waals surface area contributed by atoms with Gasteiger partial charge in [0.05, 0.1) is 11.4 Å². The molecular weight excluding hydrogens is 300 g/mol. The normalized spacial score (nSPS) is 11.2. The molecule has 0 saturated heterocycles. The van der Waals surface area contributed by atoms with Crippen LogP contribution in [0.25, 0.3) is 0 Å². The first kappa shape index (κ1) is 14.4. The summed E-state index contributed by atoms with van der Waals surface area (Å²) in [6.45, 7) is 1.55. The summed E-state index contributed by atoms with van der Waals surface area (Å²) in [6.07, 6.45) is 0. The van der Waals surface area contributed by atoms with E-state index in [-0.39, 0.29) is 21.1 Å². The van der Waals surface area contributed by atoms with Crippen molar-refractivity contribution in [2.75, 3.05) is 10.5 Å². The number of nitrogen functional groups attached to an aromatic ring is 1. The Morgan fingerprint density at radius 2 is 2.00 bits per heavy atom. The number of nitrogens with two attached hydrogens (primary N) is 1. The smallest absolute Gasteiger partial charge is 0.347 e. The van der Waals surface area contributed by atoms with Crippen molar-refractivity contribution in [2.24, 2.45) is 0 Å². The van der Waals surface area contributed by atoms with Gasteiger partial charge in [-0.3, -0.25) is 4.72 Å². The Labute approximate surface area is 119 Å². The molecule has 2 aromatic rings. The van der Waals surface area contributed by atoms with E-state index in [1.165, 1.54) is 11.4 Å². The van der Waals surface area contributed by atoms with Crippen LogP contribution in [0.15, 0.2) is 34.5 Å². The fourth-order valence-corrected chi connectivity index (χ4v) is 4.42. The number of rotatable bonds is 4. The lowest BCUT2D eigenvalue weighted by Crippen LogP contribution is -2.17. The lowest BCUT2D eigenvalue weighted by molar-refractivity contribution is 0.0698. The molecule has 0 saturated carbocycles. The van der Waals surface area contributed by atoms with Crippen molar-refractivity contribution < 1.29 is 18.3 Å². The number of nitrogens with one attached hydrogen (secondary N) is 1. The maximum atomic E-state index is 12.3. The standard InChI is InChI=1S/C12H12N2O4S2/c1-7-6-19-10(12(15)16)11(7)20(17,18)14-9-5-3-2-4-8(9)13/h2-6,14H,13H2,1H3,(H,15,16). The average Bonchev–Trinajstić information content (AvgIpc) is 2.75. The van der Waals surface area contributed by atoms with Gasteiger partial charge < -0.3 is 10.8 Å². The van der Waals surface area contributed by atoms with Gasteiger partial charge >= 0.3 is 5.97 Å². The highest BCUT2D eigenvalue weighted by Gasteiger charge is 2.27. The van der Waals surface area contributed by atoms with Crippen LogP contribution in [-0.2, 0) is 10.0 Å². The third-order valence-electron chi connectivity index (χ3n) is 2.59. The van der Waals surface area contributed by atoms with Gasteiger partial charge in [0, 0.05) is 0 Å². The van der Waals surface area contributed by atoms with Gasteiger partial charge in [0.2, 0.25) is 0 Å². The third-order valence-corrected chi connectivity index (χ3v) is 5.35. The molecular formula is C12H12N2O4S2. The first-order valence-electron chi connectivity index (χ1n) is 5.51. The summed E-state index contributed by atoms with van der Waals surface area (Å²) >= 11 is 0.876. The third kappa shape index (κ3) is 2.61. The predicted molar refractivity (Wildman–Crippen MR) is 77.7 cm³/mol. The molecule has 1 aromatic heterocycles. The minimum atomic E-state index is -4.00. The van der Waals surface area contributed by atoms with Gasteiger partial charge in [0.15, 0.2) is 0 Å². The number of aromatic carboxylic acids is 1. The SMILES string of the molecule is Cc1csc(C(=O)O)c1S(=O)(=O)Nc1ccccc1N. The molecule has 0 fully saturated rings. The number of sulfonamides is 1. The van der Waals surface area contributed by atoms with E-state index in [9.17, 15) is 13.2 Å². The van der Waals surface area contributed by atoms with Crippen LogP contribution in [0, 0.1) is 6.92 Å². The van der Waals surface area contributed by atoms with Crippen LogP contribution in [0.1, 0.15) is 15.2 Å². The predicted octanol–water partition coefficient (Wildman–Crippen LogP) is 2.14. The zero-order chi connectivity index (χ0) is 14.9. The van der Waals surface area contributed by atoms with E-state index in [0.717, 1.165) is 11.3 Å². The number of aryl methyl sites for hydroxylation is 1. The first-order valence-corrected chi connectivity index (χ1v) is 7.88. The van der Waals surface area contributed by atoms with Crippen LogP contribution in [0.2, 0.25) is 0 Å². The molecule has 0 amide bonds. The van der Waals surface area contributed by atoms with Crippen molar-refractivity contribution in [3.05, 3.63) is 40.1 Å². The van der Waals surface area contributed by atoms with E-state index in [1.54, 1.807) is 25.1 Å². The molecule has 8 heteroatoms. The maximum Gasteiger partial charge on any atom is 0.347 e. The highest BCUT2D eigenvalue weighted by atomic mass is 32.2. The average molecular weight is 312 g/mol. The van der Waals surface area contributed by atoms with Crippen LogP contribution >= 0.6 is 11.3 Å². The summed E-state index contributed by atoms with van der Waals surface area (Å²) in [5.74, 6) is -1.27. The van der Waals surface area contributed by atoms with E-state index >= 15 is 0 Å². The number of carboxylic acid groups (broad SMARTS) is 1. The second-order valence-electron chi connectivity index (χ2n) is 4.07. The number of anilines is 2. The molecule has 0 aliphatic rings. The van der Waals surface area contributed by atoms with Gasteiger partial charge in [0.1, 0.15) is 9.77 Å². The quantitative estimate of drug-likeness (QED) is 0.749. The number of benzene rings is 1. The molecule has 20 heavy (non-hydrogen) atoms. The Hall–Kier alpha value is -2.06. The van der Waals surface area contributed by atoms with Crippen LogP contribution in [-0.4, -0.2) is 19.5 Å².